The van der Waals surface area contributed by atoms with Gasteiger partial charge in [0, 0.05) is 18.5 Å². The highest BCUT2D eigenvalue weighted by Crippen LogP contribution is 2.20. The van der Waals surface area contributed by atoms with Gasteiger partial charge in [-0.3, -0.25) is 9.59 Å². The maximum atomic E-state index is 12.4. The van der Waals surface area contributed by atoms with Crippen molar-refractivity contribution in [1.82, 2.24) is 9.88 Å². The van der Waals surface area contributed by atoms with Crippen LogP contribution in [0.2, 0.25) is 0 Å². The molecule has 0 saturated carbocycles. The number of aryl methyl sites for hydroxylation is 1. The third-order valence-electron chi connectivity index (χ3n) is 3.76. The highest BCUT2D eigenvalue weighted by atomic mass is 16.7. The Kier molecular flexibility index (Phi) is 3.96. The van der Waals surface area contributed by atoms with Crippen LogP contribution in [0.3, 0.4) is 0 Å². The van der Waals surface area contributed by atoms with E-state index in [0.717, 1.165) is 10.9 Å². The molecule has 1 fully saturated rings. The number of carbonyl (C=O) groups is 1. The van der Waals surface area contributed by atoms with Crippen molar-refractivity contribution in [2.24, 2.45) is 0 Å². The van der Waals surface area contributed by atoms with Crippen molar-refractivity contribution in [2.45, 2.75) is 19.8 Å². The van der Waals surface area contributed by atoms with Crippen LogP contribution in [0.25, 0.3) is 10.9 Å². The SMILES string of the molecule is CNC(=O)c1cc(=O)n(CC2OCCO2)c2cc(C)ccc12. The summed E-state index contributed by atoms with van der Waals surface area (Å²) in [6.45, 7) is 3.33. The molecule has 0 radical (unpaired) electrons. The summed E-state index contributed by atoms with van der Waals surface area (Å²) in [6.07, 6.45) is -0.424. The number of hydrogen-bond donors (Lipinski definition) is 1. The number of hydrogen-bond acceptors (Lipinski definition) is 4. The van der Waals surface area contributed by atoms with Gasteiger partial charge in [0.1, 0.15) is 0 Å². The zero-order valence-corrected chi connectivity index (χ0v) is 12.6. The zero-order chi connectivity index (χ0) is 15.7. The minimum Gasteiger partial charge on any atom is -0.355 e. The molecular formula is C16H18N2O4. The Morgan fingerprint density at radius 2 is 2.05 bits per heavy atom. The number of pyridine rings is 1. The molecule has 1 N–H and O–H groups in total. The first-order chi connectivity index (χ1) is 10.6. The average Bonchev–Trinajstić information content (AvgIpc) is 3.02. The lowest BCUT2D eigenvalue weighted by Crippen LogP contribution is -2.29. The predicted octanol–water partition coefficient (Wildman–Crippen LogP) is 1.04. The molecule has 1 aliphatic heterocycles. The molecule has 0 aliphatic carbocycles. The Morgan fingerprint density at radius 3 is 2.73 bits per heavy atom. The van der Waals surface area contributed by atoms with Crippen LogP contribution in [0.1, 0.15) is 15.9 Å². The van der Waals surface area contributed by atoms with Gasteiger partial charge in [0.05, 0.1) is 30.8 Å². The number of aromatic nitrogens is 1. The lowest BCUT2D eigenvalue weighted by molar-refractivity contribution is -0.0522. The van der Waals surface area contributed by atoms with E-state index in [2.05, 4.69) is 5.32 Å². The number of fused-ring (bicyclic) bond motifs is 1. The minimum absolute atomic E-state index is 0.240. The van der Waals surface area contributed by atoms with Crippen molar-refractivity contribution in [3.05, 3.63) is 45.7 Å². The molecule has 1 aliphatic rings. The fraction of sp³-hybridized carbons (Fsp3) is 0.375. The fourth-order valence-electron chi connectivity index (χ4n) is 2.66. The molecule has 6 nitrogen and oxygen atoms in total. The van der Waals surface area contributed by atoms with E-state index in [0.29, 0.717) is 30.8 Å². The Balaban J connectivity index is 2.19. The third kappa shape index (κ3) is 2.63. The molecule has 0 atom stereocenters. The van der Waals surface area contributed by atoms with Gasteiger partial charge >= 0.3 is 0 Å². The summed E-state index contributed by atoms with van der Waals surface area (Å²) in [5, 5.41) is 3.31. The first-order valence-electron chi connectivity index (χ1n) is 7.19. The smallest absolute Gasteiger partial charge is 0.251 e. The van der Waals surface area contributed by atoms with Crippen LogP contribution in [-0.4, -0.2) is 37.0 Å². The van der Waals surface area contributed by atoms with Gasteiger partial charge in [0.15, 0.2) is 6.29 Å². The molecule has 116 valence electrons. The molecular weight excluding hydrogens is 284 g/mol. The van der Waals surface area contributed by atoms with E-state index >= 15 is 0 Å². The molecule has 3 rings (SSSR count). The second-order valence-electron chi connectivity index (χ2n) is 5.28. The predicted molar refractivity (Wildman–Crippen MR) is 82.0 cm³/mol. The summed E-state index contributed by atoms with van der Waals surface area (Å²) in [5.41, 5.74) is 1.87. The van der Waals surface area contributed by atoms with E-state index < -0.39 is 6.29 Å². The molecule has 1 aromatic heterocycles. The summed E-state index contributed by atoms with van der Waals surface area (Å²) in [5.74, 6) is -0.272. The molecule has 0 bridgehead atoms. The van der Waals surface area contributed by atoms with Gasteiger partial charge in [-0.25, -0.2) is 0 Å². The van der Waals surface area contributed by atoms with Crippen LogP contribution in [0.15, 0.2) is 29.1 Å². The molecule has 0 unspecified atom stereocenters. The second kappa shape index (κ2) is 5.90. The van der Waals surface area contributed by atoms with Crippen LogP contribution in [-0.2, 0) is 16.0 Å². The standard InChI is InChI=1S/C16H18N2O4/c1-10-3-4-11-12(16(20)17-2)8-14(19)18(13(11)7-10)9-15-21-5-6-22-15/h3-4,7-8,15H,5-6,9H2,1-2H3,(H,17,20). The summed E-state index contributed by atoms with van der Waals surface area (Å²) in [7, 11) is 1.55. The van der Waals surface area contributed by atoms with Gasteiger partial charge in [-0.15, -0.1) is 0 Å². The van der Waals surface area contributed by atoms with Crippen molar-refractivity contribution in [3.8, 4) is 0 Å². The molecule has 6 heteroatoms. The third-order valence-corrected chi connectivity index (χ3v) is 3.76. The Hall–Kier alpha value is -2.18. The average molecular weight is 302 g/mol. The van der Waals surface area contributed by atoms with Gasteiger partial charge in [-0.2, -0.15) is 0 Å². The summed E-state index contributed by atoms with van der Waals surface area (Å²) in [4.78, 5) is 24.5. The maximum Gasteiger partial charge on any atom is 0.251 e. The summed E-state index contributed by atoms with van der Waals surface area (Å²) in [6, 6.07) is 7.05. The topological polar surface area (TPSA) is 69.6 Å². The molecule has 22 heavy (non-hydrogen) atoms. The van der Waals surface area contributed by atoms with Gasteiger partial charge in [-0.05, 0) is 18.6 Å². The molecule has 1 aromatic carbocycles. The number of benzene rings is 1. The normalized spacial score (nSPS) is 15.4. The first-order valence-corrected chi connectivity index (χ1v) is 7.19. The maximum absolute atomic E-state index is 12.4. The second-order valence-corrected chi connectivity index (χ2v) is 5.28. The highest BCUT2D eigenvalue weighted by molar-refractivity contribution is 6.06. The number of amides is 1. The monoisotopic (exact) mass is 302 g/mol. The fourth-order valence-corrected chi connectivity index (χ4v) is 2.66. The van der Waals surface area contributed by atoms with E-state index in [1.807, 2.05) is 25.1 Å². The lowest BCUT2D eigenvalue weighted by Gasteiger charge is -2.16. The molecule has 2 heterocycles. The largest absolute Gasteiger partial charge is 0.355 e. The van der Waals surface area contributed by atoms with E-state index in [1.54, 1.807) is 11.6 Å². The van der Waals surface area contributed by atoms with Crippen LogP contribution >= 0.6 is 0 Å². The van der Waals surface area contributed by atoms with E-state index in [4.69, 9.17) is 9.47 Å². The van der Waals surface area contributed by atoms with E-state index in [-0.39, 0.29) is 11.5 Å². The highest BCUT2D eigenvalue weighted by Gasteiger charge is 2.20. The summed E-state index contributed by atoms with van der Waals surface area (Å²) < 4.78 is 12.5. The molecule has 2 aromatic rings. The van der Waals surface area contributed by atoms with Gasteiger partial charge < -0.3 is 19.4 Å². The van der Waals surface area contributed by atoms with Gasteiger partial charge in [-0.1, -0.05) is 12.1 Å². The van der Waals surface area contributed by atoms with Crippen molar-refractivity contribution in [2.75, 3.05) is 20.3 Å². The number of carbonyl (C=O) groups excluding carboxylic acids is 1. The zero-order valence-electron chi connectivity index (χ0n) is 12.6. The number of ether oxygens (including phenoxy) is 2. The Labute approximate surface area is 127 Å². The van der Waals surface area contributed by atoms with Crippen molar-refractivity contribution in [3.63, 3.8) is 0 Å². The number of nitrogens with zero attached hydrogens (tertiary/aromatic N) is 1. The van der Waals surface area contributed by atoms with Crippen LogP contribution < -0.4 is 10.9 Å². The van der Waals surface area contributed by atoms with Crippen molar-refractivity contribution in [1.29, 1.82) is 0 Å². The molecule has 1 amide bonds. The van der Waals surface area contributed by atoms with E-state index in [1.165, 1.54) is 6.07 Å². The van der Waals surface area contributed by atoms with E-state index in [9.17, 15) is 9.59 Å². The minimum atomic E-state index is -0.424. The molecule has 0 spiro atoms. The number of nitrogens with one attached hydrogen (secondary N) is 1. The first kappa shape index (κ1) is 14.7. The van der Waals surface area contributed by atoms with Crippen molar-refractivity contribution >= 4 is 16.8 Å². The van der Waals surface area contributed by atoms with Gasteiger partial charge in [0.2, 0.25) is 0 Å². The number of rotatable bonds is 3. The molecule has 1 saturated heterocycles. The lowest BCUT2D eigenvalue weighted by atomic mass is 10.1. The van der Waals surface area contributed by atoms with Crippen LogP contribution in [0.4, 0.5) is 0 Å². The van der Waals surface area contributed by atoms with Gasteiger partial charge in [0.25, 0.3) is 11.5 Å². The quantitative estimate of drug-likeness (QED) is 0.920. The van der Waals surface area contributed by atoms with Crippen LogP contribution in [0.5, 0.6) is 0 Å². The Morgan fingerprint density at radius 1 is 1.32 bits per heavy atom. The van der Waals surface area contributed by atoms with Crippen LogP contribution in [0, 0.1) is 6.92 Å². The van der Waals surface area contributed by atoms with Crippen molar-refractivity contribution < 1.29 is 14.3 Å². The Bertz CT molecular complexity index is 776. The summed E-state index contributed by atoms with van der Waals surface area (Å²) >= 11 is 0.